The smallest absolute Gasteiger partial charge is 0.269 e. The standard InChI is InChI=1S/C28H20N4O4S/c33-27-26(17-20-10-14-24(15-11-20)32(34)35)37-28(31(27)19-25-7-4-16-36-25)30-29-18-21-8-12-23(13-9-21)22-5-2-1-3-6-22/h1-18H,19H2/b26-17-,29-18+,30-28-. The molecule has 0 spiro atoms. The topological polar surface area (TPSA) is 101 Å². The fraction of sp³-hybridized carbons (Fsp3) is 0.0357. The van der Waals surface area contributed by atoms with Gasteiger partial charge in [-0.2, -0.15) is 5.10 Å². The zero-order valence-corrected chi connectivity index (χ0v) is 20.2. The second-order valence-electron chi connectivity index (χ2n) is 8.05. The summed E-state index contributed by atoms with van der Waals surface area (Å²) in [7, 11) is 0. The molecular formula is C28H20N4O4S. The first kappa shape index (κ1) is 24.0. The summed E-state index contributed by atoms with van der Waals surface area (Å²) >= 11 is 1.19. The number of thioether (sulfide) groups is 1. The molecule has 0 radical (unpaired) electrons. The normalized spacial score (nSPS) is 15.8. The third-order valence-corrected chi connectivity index (χ3v) is 6.55. The molecule has 0 atom stereocenters. The Kier molecular flexibility index (Phi) is 7.05. The van der Waals surface area contributed by atoms with Crippen LogP contribution in [0.1, 0.15) is 16.9 Å². The van der Waals surface area contributed by atoms with Gasteiger partial charge in [-0.15, -0.1) is 5.10 Å². The Labute approximate surface area is 216 Å². The van der Waals surface area contributed by atoms with Crippen LogP contribution in [0.25, 0.3) is 17.2 Å². The maximum Gasteiger partial charge on any atom is 0.269 e. The van der Waals surface area contributed by atoms with E-state index in [9.17, 15) is 14.9 Å². The first-order valence-electron chi connectivity index (χ1n) is 11.3. The van der Waals surface area contributed by atoms with Crippen LogP contribution in [0.15, 0.2) is 117 Å². The van der Waals surface area contributed by atoms with Crippen LogP contribution in [0.2, 0.25) is 0 Å². The molecule has 1 saturated heterocycles. The van der Waals surface area contributed by atoms with Gasteiger partial charge in [0.05, 0.1) is 28.9 Å². The number of non-ortho nitro benzene ring substituents is 1. The summed E-state index contributed by atoms with van der Waals surface area (Å²) in [4.78, 5) is 25.6. The van der Waals surface area contributed by atoms with Gasteiger partial charge in [-0.05, 0) is 64.4 Å². The molecule has 5 rings (SSSR count). The Bertz CT molecular complexity index is 1490. The minimum atomic E-state index is -0.463. The zero-order chi connectivity index (χ0) is 25.6. The van der Waals surface area contributed by atoms with Crippen molar-refractivity contribution in [3.8, 4) is 11.1 Å². The Balaban J connectivity index is 1.37. The van der Waals surface area contributed by atoms with Crippen LogP contribution in [0.3, 0.4) is 0 Å². The molecule has 1 aliphatic rings. The lowest BCUT2D eigenvalue weighted by molar-refractivity contribution is -0.384. The number of amidine groups is 1. The lowest BCUT2D eigenvalue weighted by Gasteiger charge is -2.12. The van der Waals surface area contributed by atoms with E-state index >= 15 is 0 Å². The molecule has 3 aromatic carbocycles. The number of furan rings is 1. The first-order chi connectivity index (χ1) is 18.1. The summed E-state index contributed by atoms with van der Waals surface area (Å²) in [6, 6.07) is 27.6. The highest BCUT2D eigenvalue weighted by Crippen LogP contribution is 2.34. The summed E-state index contributed by atoms with van der Waals surface area (Å²) in [5.41, 5.74) is 3.76. The minimum absolute atomic E-state index is 0.0135. The average Bonchev–Trinajstić information content (AvgIpc) is 3.54. The maximum absolute atomic E-state index is 13.2. The zero-order valence-electron chi connectivity index (χ0n) is 19.4. The van der Waals surface area contributed by atoms with Gasteiger partial charge in [-0.1, -0.05) is 54.6 Å². The van der Waals surface area contributed by atoms with Crippen molar-refractivity contribution in [1.29, 1.82) is 0 Å². The van der Waals surface area contributed by atoms with Crippen molar-refractivity contribution in [3.63, 3.8) is 0 Å². The lowest BCUT2D eigenvalue weighted by atomic mass is 10.0. The van der Waals surface area contributed by atoms with E-state index in [0.29, 0.717) is 21.4 Å². The third-order valence-electron chi connectivity index (χ3n) is 5.55. The monoisotopic (exact) mass is 508 g/mol. The van der Waals surface area contributed by atoms with E-state index in [0.717, 1.165) is 16.7 Å². The number of amides is 1. The number of nitro groups is 1. The van der Waals surface area contributed by atoms with E-state index in [1.807, 2.05) is 42.5 Å². The van der Waals surface area contributed by atoms with Crippen molar-refractivity contribution < 1.29 is 14.1 Å². The Hall–Kier alpha value is -4.76. The predicted octanol–water partition coefficient (Wildman–Crippen LogP) is 6.36. The largest absolute Gasteiger partial charge is 0.467 e. The van der Waals surface area contributed by atoms with E-state index in [4.69, 9.17) is 4.42 Å². The number of hydrogen-bond donors (Lipinski definition) is 0. The molecule has 0 unspecified atom stereocenters. The summed E-state index contributed by atoms with van der Waals surface area (Å²) in [6.45, 7) is 0.205. The van der Waals surface area contributed by atoms with E-state index in [2.05, 4.69) is 22.3 Å². The number of rotatable bonds is 7. The van der Waals surface area contributed by atoms with Crippen LogP contribution in [0, 0.1) is 10.1 Å². The van der Waals surface area contributed by atoms with Crippen LogP contribution in [0.4, 0.5) is 5.69 Å². The molecule has 1 amide bonds. The molecule has 0 saturated carbocycles. The molecule has 9 heteroatoms. The number of carbonyl (C=O) groups is 1. The van der Waals surface area contributed by atoms with Gasteiger partial charge in [0, 0.05) is 12.1 Å². The number of hydrogen-bond acceptors (Lipinski definition) is 7. The van der Waals surface area contributed by atoms with Gasteiger partial charge >= 0.3 is 0 Å². The lowest BCUT2D eigenvalue weighted by Crippen LogP contribution is -2.28. The number of carbonyl (C=O) groups excluding carboxylic acids is 1. The fourth-order valence-electron chi connectivity index (χ4n) is 3.66. The number of nitrogens with zero attached hydrogens (tertiary/aromatic N) is 4. The van der Waals surface area contributed by atoms with Gasteiger partial charge in [0.1, 0.15) is 5.76 Å². The van der Waals surface area contributed by atoms with Crippen molar-refractivity contribution in [2.45, 2.75) is 6.54 Å². The van der Waals surface area contributed by atoms with Gasteiger partial charge in [0.2, 0.25) is 0 Å². The van der Waals surface area contributed by atoms with Crippen LogP contribution in [-0.4, -0.2) is 27.1 Å². The van der Waals surface area contributed by atoms with Crippen molar-refractivity contribution in [2.75, 3.05) is 0 Å². The molecule has 0 N–H and O–H groups in total. The molecular weight excluding hydrogens is 488 g/mol. The Morgan fingerprint density at radius 1 is 0.892 bits per heavy atom. The molecule has 0 bridgehead atoms. The molecule has 0 aliphatic carbocycles. The highest BCUT2D eigenvalue weighted by atomic mass is 32.2. The molecule has 8 nitrogen and oxygen atoms in total. The van der Waals surface area contributed by atoms with E-state index in [-0.39, 0.29) is 18.1 Å². The highest BCUT2D eigenvalue weighted by Gasteiger charge is 2.34. The molecule has 2 heterocycles. The second-order valence-corrected chi connectivity index (χ2v) is 9.05. The van der Waals surface area contributed by atoms with Crippen molar-refractivity contribution in [3.05, 3.63) is 129 Å². The van der Waals surface area contributed by atoms with Crippen LogP contribution in [-0.2, 0) is 11.3 Å². The first-order valence-corrected chi connectivity index (χ1v) is 12.1. The quantitative estimate of drug-likeness (QED) is 0.125. The summed E-state index contributed by atoms with van der Waals surface area (Å²) in [6.07, 6.45) is 4.86. The van der Waals surface area contributed by atoms with E-state index in [1.165, 1.54) is 28.8 Å². The van der Waals surface area contributed by atoms with Gasteiger partial charge in [-0.25, -0.2) is 0 Å². The number of nitro benzene ring substituents is 1. The summed E-state index contributed by atoms with van der Waals surface area (Å²) < 4.78 is 5.42. The Morgan fingerprint density at radius 3 is 2.27 bits per heavy atom. The SMILES string of the molecule is O=C1/C(=C/c2ccc([N+](=O)[O-])cc2)S/C(=N\N=C\c2ccc(-c3ccccc3)cc2)N1Cc1ccco1. The average molecular weight is 509 g/mol. The fourth-order valence-corrected chi connectivity index (χ4v) is 4.60. The highest BCUT2D eigenvalue weighted by molar-refractivity contribution is 8.18. The van der Waals surface area contributed by atoms with Gasteiger partial charge in [0.25, 0.3) is 11.6 Å². The predicted molar refractivity (Wildman–Crippen MR) is 145 cm³/mol. The maximum atomic E-state index is 13.2. The van der Waals surface area contributed by atoms with Crippen molar-refractivity contribution >= 4 is 40.8 Å². The molecule has 182 valence electrons. The summed E-state index contributed by atoms with van der Waals surface area (Å²) in [5, 5.41) is 19.9. The summed E-state index contributed by atoms with van der Waals surface area (Å²) in [5.74, 6) is 0.361. The molecule has 4 aromatic rings. The van der Waals surface area contributed by atoms with Gasteiger partial charge in [0.15, 0.2) is 5.17 Å². The molecule has 1 aromatic heterocycles. The number of benzene rings is 3. The van der Waals surface area contributed by atoms with Crippen molar-refractivity contribution in [1.82, 2.24) is 4.90 Å². The van der Waals surface area contributed by atoms with E-state index < -0.39 is 4.92 Å². The third kappa shape index (κ3) is 5.74. The second kappa shape index (κ2) is 10.9. The molecule has 1 fully saturated rings. The Morgan fingerprint density at radius 2 is 1.59 bits per heavy atom. The van der Waals surface area contributed by atoms with Crippen LogP contribution >= 0.6 is 11.8 Å². The van der Waals surface area contributed by atoms with Crippen molar-refractivity contribution in [2.24, 2.45) is 10.2 Å². The van der Waals surface area contributed by atoms with Crippen LogP contribution < -0.4 is 0 Å². The molecule has 1 aliphatic heterocycles. The molecule has 37 heavy (non-hydrogen) atoms. The van der Waals surface area contributed by atoms with E-state index in [1.54, 1.807) is 42.8 Å². The van der Waals surface area contributed by atoms with Crippen LogP contribution in [0.5, 0.6) is 0 Å². The minimum Gasteiger partial charge on any atom is -0.467 e. The van der Waals surface area contributed by atoms with Gasteiger partial charge in [-0.3, -0.25) is 19.8 Å². The van der Waals surface area contributed by atoms with Gasteiger partial charge < -0.3 is 4.42 Å².